The van der Waals surface area contributed by atoms with E-state index >= 15 is 0 Å². The number of esters is 1. The van der Waals surface area contributed by atoms with Crippen LogP contribution in [0.2, 0.25) is 0 Å². The molecule has 0 saturated heterocycles. The Morgan fingerprint density at radius 1 is 1.38 bits per heavy atom. The molecule has 0 aliphatic heterocycles. The maximum atomic E-state index is 11.2. The first-order valence-corrected chi connectivity index (χ1v) is 11.2. The first-order valence-electron chi connectivity index (χ1n) is 11.2. The first kappa shape index (κ1) is 23.5. The molecule has 0 aromatic carbocycles. The highest BCUT2D eigenvalue weighted by Crippen LogP contribution is 2.48. The van der Waals surface area contributed by atoms with E-state index in [2.05, 4.69) is 29.6 Å². The van der Waals surface area contributed by atoms with Crippen LogP contribution >= 0.6 is 0 Å². The van der Waals surface area contributed by atoms with Gasteiger partial charge in [-0.25, -0.2) is 0 Å². The molecule has 1 saturated carbocycles. The van der Waals surface area contributed by atoms with E-state index in [0.29, 0.717) is 29.9 Å². The van der Waals surface area contributed by atoms with Crippen LogP contribution in [0.1, 0.15) is 78.1 Å². The van der Waals surface area contributed by atoms with Gasteiger partial charge < -0.3 is 14.9 Å². The number of aliphatic hydroxyl groups excluding tert-OH is 2. The van der Waals surface area contributed by atoms with E-state index in [1.54, 1.807) is 0 Å². The number of rotatable bonds is 9. The minimum atomic E-state index is -0.455. The number of carbonyl (C=O) groups is 1. The Morgan fingerprint density at radius 3 is 2.90 bits per heavy atom. The van der Waals surface area contributed by atoms with Crippen LogP contribution < -0.4 is 0 Å². The number of hydrogen-bond donors (Lipinski definition) is 2. The summed E-state index contributed by atoms with van der Waals surface area (Å²) in [5.74, 6) is 7.55. The smallest absolute Gasteiger partial charge is 0.305 e. The van der Waals surface area contributed by atoms with E-state index in [4.69, 9.17) is 0 Å². The molecule has 5 atom stereocenters. The van der Waals surface area contributed by atoms with Crippen LogP contribution in [0.15, 0.2) is 23.5 Å². The molecule has 4 heteroatoms. The molecule has 0 bridgehead atoms. The van der Waals surface area contributed by atoms with Crippen LogP contribution in [-0.2, 0) is 9.53 Å². The van der Waals surface area contributed by atoms with E-state index in [-0.39, 0.29) is 11.9 Å². The van der Waals surface area contributed by atoms with E-state index in [9.17, 15) is 15.0 Å². The van der Waals surface area contributed by atoms with Gasteiger partial charge in [-0.3, -0.25) is 4.79 Å². The molecule has 0 amide bonds. The molecule has 2 rings (SSSR count). The summed E-state index contributed by atoms with van der Waals surface area (Å²) in [4.78, 5) is 11.2. The van der Waals surface area contributed by atoms with Crippen molar-refractivity contribution in [1.29, 1.82) is 0 Å². The molecule has 162 valence electrons. The summed E-state index contributed by atoms with van der Waals surface area (Å²) in [6.45, 7) is 4.20. The van der Waals surface area contributed by atoms with Crippen molar-refractivity contribution in [1.82, 2.24) is 0 Å². The van der Waals surface area contributed by atoms with Crippen molar-refractivity contribution in [3.05, 3.63) is 23.5 Å². The van der Waals surface area contributed by atoms with Gasteiger partial charge in [0.25, 0.3) is 0 Å². The van der Waals surface area contributed by atoms with Crippen LogP contribution in [0.25, 0.3) is 0 Å². The zero-order valence-corrected chi connectivity index (χ0v) is 18.3. The normalized spacial score (nSPS) is 27.4. The molecule has 1 fully saturated rings. The SMILES string of the molecule is CCC#CCC(C)CC=C(O)C1C(O)C[C@H]2CC(CCCCC(=O)OC)=CC[C@H]12. The molecule has 2 aliphatic rings. The first-order chi connectivity index (χ1) is 14.0. The van der Waals surface area contributed by atoms with Gasteiger partial charge in [-0.05, 0) is 68.8 Å². The van der Waals surface area contributed by atoms with E-state index in [0.717, 1.165) is 57.8 Å². The quantitative estimate of drug-likeness (QED) is 0.180. The molecular weight excluding hydrogens is 364 g/mol. The third-order valence-corrected chi connectivity index (χ3v) is 6.41. The zero-order valence-electron chi connectivity index (χ0n) is 18.3. The van der Waals surface area contributed by atoms with Crippen LogP contribution in [-0.4, -0.2) is 29.4 Å². The minimum Gasteiger partial charge on any atom is -0.512 e. The largest absolute Gasteiger partial charge is 0.512 e. The van der Waals surface area contributed by atoms with Crippen molar-refractivity contribution in [3.8, 4) is 11.8 Å². The van der Waals surface area contributed by atoms with Gasteiger partial charge in [-0.15, -0.1) is 11.8 Å². The van der Waals surface area contributed by atoms with Crippen LogP contribution in [0, 0.1) is 35.5 Å². The van der Waals surface area contributed by atoms with E-state index in [1.165, 1.54) is 12.7 Å². The van der Waals surface area contributed by atoms with E-state index in [1.807, 2.05) is 13.0 Å². The molecule has 0 aromatic rings. The lowest BCUT2D eigenvalue weighted by molar-refractivity contribution is -0.140. The highest BCUT2D eigenvalue weighted by atomic mass is 16.5. The van der Waals surface area contributed by atoms with Crippen molar-refractivity contribution in [2.24, 2.45) is 23.7 Å². The highest BCUT2D eigenvalue weighted by molar-refractivity contribution is 5.68. The van der Waals surface area contributed by atoms with Crippen LogP contribution in [0.3, 0.4) is 0 Å². The van der Waals surface area contributed by atoms with Gasteiger partial charge >= 0.3 is 5.97 Å². The average molecular weight is 403 g/mol. The number of unbranched alkanes of at least 4 members (excludes halogenated alkanes) is 1. The molecule has 29 heavy (non-hydrogen) atoms. The van der Waals surface area contributed by atoms with Crippen molar-refractivity contribution in [2.45, 2.75) is 84.2 Å². The summed E-state index contributed by atoms with van der Waals surface area (Å²) in [6.07, 6.45) is 12.3. The van der Waals surface area contributed by atoms with Crippen molar-refractivity contribution < 1.29 is 19.7 Å². The summed E-state index contributed by atoms with van der Waals surface area (Å²) in [5, 5.41) is 21.3. The maximum absolute atomic E-state index is 11.2. The number of carbonyl (C=O) groups excluding carboxylic acids is 1. The highest BCUT2D eigenvalue weighted by Gasteiger charge is 2.45. The fourth-order valence-corrected chi connectivity index (χ4v) is 4.76. The second-order valence-electron chi connectivity index (χ2n) is 8.72. The minimum absolute atomic E-state index is 0.133. The predicted molar refractivity (Wildman–Crippen MR) is 116 cm³/mol. The van der Waals surface area contributed by atoms with Gasteiger partial charge in [0, 0.05) is 25.2 Å². The van der Waals surface area contributed by atoms with Gasteiger partial charge in [0.2, 0.25) is 0 Å². The Kier molecular flexibility index (Phi) is 9.81. The van der Waals surface area contributed by atoms with Crippen LogP contribution in [0.5, 0.6) is 0 Å². The van der Waals surface area contributed by atoms with E-state index < -0.39 is 6.10 Å². The number of fused-ring (bicyclic) bond motifs is 1. The molecule has 2 aliphatic carbocycles. The van der Waals surface area contributed by atoms with Crippen molar-refractivity contribution in [2.75, 3.05) is 7.11 Å². The topological polar surface area (TPSA) is 66.8 Å². The number of methoxy groups -OCH3 is 1. The van der Waals surface area contributed by atoms with Crippen molar-refractivity contribution >= 4 is 5.97 Å². The summed E-state index contributed by atoms with van der Waals surface area (Å²) in [6, 6.07) is 0. The number of hydrogen-bond acceptors (Lipinski definition) is 4. The Morgan fingerprint density at radius 2 is 2.17 bits per heavy atom. The Bertz CT molecular complexity index is 651. The third kappa shape index (κ3) is 7.23. The second-order valence-corrected chi connectivity index (χ2v) is 8.72. The van der Waals surface area contributed by atoms with Gasteiger partial charge in [0.15, 0.2) is 0 Å². The summed E-state index contributed by atoms with van der Waals surface area (Å²) in [7, 11) is 1.43. The molecule has 0 spiro atoms. The lowest BCUT2D eigenvalue weighted by Gasteiger charge is -2.29. The Balaban J connectivity index is 1.86. The lowest BCUT2D eigenvalue weighted by Crippen LogP contribution is -2.24. The summed E-state index contributed by atoms with van der Waals surface area (Å²) in [5.41, 5.74) is 1.44. The molecular formula is C25H38O4. The molecule has 0 radical (unpaired) electrons. The maximum Gasteiger partial charge on any atom is 0.305 e. The molecule has 3 unspecified atom stereocenters. The standard InChI is InChI=1S/C25H38O4/c1-4-5-6-9-18(2)12-15-22(26)25-21-14-13-19(16-20(21)17-23(25)27)10-7-8-11-24(28)29-3/h13,15,18,20-21,23,25-27H,4,7-12,14,16-17H2,1-3H3/t18?,20-,21+,23?,25?/m1/s1. The third-order valence-electron chi connectivity index (χ3n) is 6.41. The summed E-state index contributed by atoms with van der Waals surface area (Å²) >= 11 is 0. The van der Waals surface area contributed by atoms with Gasteiger partial charge in [-0.1, -0.05) is 25.5 Å². The molecule has 0 heterocycles. The molecule has 2 N–H and O–H groups in total. The molecule has 0 aromatic heterocycles. The monoisotopic (exact) mass is 402 g/mol. The number of ether oxygens (including phenoxy) is 1. The number of allylic oxidation sites excluding steroid dienone is 3. The predicted octanol–water partition coefficient (Wildman–Crippen LogP) is 5.32. The average Bonchev–Trinajstić information content (AvgIpc) is 3.04. The number of aliphatic hydroxyl groups is 2. The second kappa shape index (κ2) is 12.1. The van der Waals surface area contributed by atoms with Gasteiger partial charge in [0.05, 0.1) is 19.0 Å². The zero-order chi connectivity index (χ0) is 21.2. The lowest BCUT2D eigenvalue weighted by atomic mass is 9.76. The Labute approximate surface area is 176 Å². The van der Waals surface area contributed by atoms with Crippen molar-refractivity contribution in [3.63, 3.8) is 0 Å². The van der Waals surface area contributed by atoms with Crippen LogP contribution in [0.4, 0.5) is 0 Å². The fourth-order valence-electron chi connectivity index (χ4n) is 4.76. The summed E-state index contributed by atoms with van der Waals surface area (Å²) < 4.78 is 4.69. The molecule has 4 nitrogen and oxygen atoms in total. The fraction of sp³-hybridized carbons (Fsp3) is 0.720. The van der Waals surface area contributed by atoms with Gasteiger partial charge in [-0.2, -0.15) is 0 Å². The van der Waals surface area contributed by atoms with Gasteiger partial charge in [0.1, 0.15) is 0 Å². The Hall–Kier alpha value is -1.73.